The summed E-state index contributed by atoms with van der Waals surface area (Å²) in [4.78, 5) is 11.3. The number of aryl methyl sites for hydroxylation is 1. The van der Waals surface area contributed by atoms with Gasteiger partial charge >= 0.3 is 0 Å². The van der Waals surface area contributed by atoms with Crippen LogP contribution >= 0.6 is 0 Å². The van der Waals surface area contributed by atoms with Crippen LogP contribution in [0.2, 0.25) is 0 Å². The molecule has 1 aromatic carbocycles. The zero-order chi connectivity index (χ0) is 13.1. The molecule has 2 aliphatic rings. The number of hydrogen-bond donors (Lipinski definition) is 3. The molecule has 4 nitrogen and oxygen atoms in total. The number of carbonyl (C=O) groups is 1. The molecule has 0 aliphatic carbocycles. The first-order chi connectivity index (χ1) is 9.31. The average Bonchev–Trinajstić information content (AvgIpc) is 2.92. The zero-order valence-electron chi connectivity index (χ0n) is 11.2. The molecule has 0 spiro atoms. The molecule has 1 atom stereocenters. The fourth-order valence-corrected chi connectivity index (χ4v) is 2.89. The fraction of sp³-hybridized carbons (Fsp3) is 0.533. The smallest absolute Gasteiger partial charge is 0.224 e. The first kappa shape index (κ1) is 12.5. The molecule has 0 bridgehead atoms. The molecule has 0 saturated carbocycles. The van der Waals surface area contributed by atoms with Gasteiger partial charge in [-0.05, 0) is 56.0 Å². The van der Waals surface area contributed by atoms with Crippen LogP contribution in [0.25, 0.3) is 0 Å². The quantitative estimate of drug-likeness (QED) is 0.776. The molecule has 1 amide bonds. The third-order valence-electron chi connectivity index (χ3n) is 3.99. The van der Waals surface area contributed by atoms with Crippen LogP contribution in [-0.4, -0.2) is 25.0 Å². The fourth-order valence-electron chi connectivity index (χ4n) is 2.89. The van der Waals surface area contributed by atoms with Gasteiger partial charge in [0, 0.05) is 30.4 Å². The summed E-state index contributed by atoms with van der Waals surface area (Å²) < 4.78 is 0. The van der Waals surface area contributed by atoms with Crippen LogP contribution in [0, 0.1) is 0 Å². The zero-order valence-corrected chi connectivity index (χ0v) is 11.2. The van der Waals surface area contributed by atoms with Crippen molar-refractivity contribution in [3.8, 4) is 0 Å². The maximum absolute atomic E-state index is 11.3. The van der Waals surface area contributed by atoms with Crippen molar-refractivity contribution in [3.63, 3.8) is 0 Å². The Morgan fingerprint density at radius 3 is 3.11 bits per heavy atom. The van der Waals surface area contributed by atoms with Gasteiger partial charge in [-0.1, -0.05) is 0 Å². The van der Waals surface area contributed by atoms with Crippen LogP contribution in [0.15, 0.2) is 18.2 Å². The van der Waals surface area contributed by atoms with Crippen molar-refractivity contribution in [1.82, 2.24) is 5.32 Å². The number of fused-ring (bicyclic) bond motifs is 1. The van der Waals surface area contributed by atoms with Gasteiger partial charge in [-0.3, -0.25) is 4.79 Å². The van der Waals surface area contributed by atoms with Crippen molar-refractivity contribution in [2.24, 2.45) is 0 Å². The van der Waals surface area contributed by atoms with E-state index in [0.717, 1.165) is 24.3 Å². The van der Waals surface area contributed by atoms with Crippen LogP contribution in [0.3, 0.4) is 0 Å². The molecule has 102 valence electrons. The second-order valence-corrected chi connectivity index (χ2v) is 5.43. The number of carbonyl (C=O) groups excluding carboxylic acids is 1. The van der Waals surface area contributed by atoms with E-state index in [4.69, 9.17) is 0 Å². The Morgan fingerprint density at radius 1 is 1.32 bits per heavy atom. The van der Waals surface area contributed by atoms with Crippen LogP contribution in [0.5, 0.6) is 0 Å². The number of rotatable bonds is 4. The number of benzene rings is 1. The largest absolute Gasteiger partial charge is 0.385 e. The second kappa shape index (κ2) is 5.61. The van der Waals surface area contributed by atoms with Crippen molar-refractivity contribution in [2.45, 2.75) is 38.1 Å². The molecular weight excluding hydrogens is 238 g/mol. The van der Waals surface area contributed by atoms with E-state index >= 15 is 0 Å². The normalized spacial score (nSPS) is 21.9. The van der Waals surface area contributed by atoms with E-state index in [9.17, 15) is 4.79 Å². The van der Waals surface area contributed by atoms with Gasteiger partial charge in [0.15, 0.2) is 0 Å². The van der Waals surface area contributed by atoms with Gasteiger partial charge in [0.25, 0.3) is 0 Å². The van der Waals surface area contributed by atoms with Gasteiger partial charge < -0.3 is 16.0 Å². The van der Waals surface area contributed by atoms with Gasteiger partial charge in [0.1, 0.15) is 0 Å². The van der Waals surface area contributed by atoms with E-state index in [-0.39, 0.29) is 5.91 Å². The van der Waals surface area contributed by atoms with Crippen LogP contribution in [0.1, 0.15) is 31.2 Å². The van der Waals surface area contributed by atoms with Crippen molar-refractivity contribution >= 4 is 17.3 Å². The van der Waals surface area contributed by atoms with Crippen molar-refractivity contribution < 1.29 is 4.79 Å². The highest BCUT2D eigenvalue weighted by Crippen LogP contribution is 2.25. The van der Waals surface area contributed by atoms with E-state index in [0.29, 0.717) is 12.5 Å². The Kier molecular flexibility index (Phi) is 3.69. The van der Waals surface area contributed by atoms with Crippen LogP contribution in [0.4, 0.5) is 11.4 Å². The first-order valence-electron chi connectivity index (χ1n) is 7.21. The first-order valence-corrected chi connectivity index (χ1v) is 7.21. The summed E-state index contributed by atoms with van der Waals surface area (Å²) >= 11 is 0. The van der Waals surface area contributed by atoms with Gasteiger partial charge in [-0.2, -0.15) is 0 Å². The van der Waals surface area contributed by atoms with Gasteiger partial charge in [0.2, 0.25) is 5.91 Å². The Labute approximate surface area is 114 Å². The van der Waals surface area contributed by atoms with E-state index < -0.39 is 0 Å². The van der Waals surface area contributed by atoms with E-state index in [1.54, 1.807) is 0 Å². The lowest BCUT2D eigenvalue weighted by Crippen LogP contribution is -2.24. The molecule has 3 N–H and O–H groups in total. The highest BCUT2D eigenvalue weighted by Gasteiger charge is 2.15. The van der Waals surface area contributed by atoms with Crippen molar-refractivity contribution in [3.05, 3.63) is 23.8 Å². The Morgan fingerprint density at radius 2 is 2.26 bits per heavy atom. The van der Waals surface area contributed by atoms with Crippen molar-refractivity contribution in [1.29, 1.82) is 0 Å². The SMILES string of the molecule is O=C1CCc2cc(NCCC3CCCN3)ccc2N1. The van der Waals surface area contributed by atoms with E-state index in [2.05, 4.69) is 22.0 Å². The van der Waals surface area contributed by atoms with Gasteiger partial charge in [0.05, 0.1) is 0 Å². The Hall–Kier alpha value is -1.55. The highest BCUT2D eigenvalue weighted by molar-refractivity contribution is 5.94. The van der Waals surface area contributed by atoms with Gasteiger partial charge in [-0.25, -0.2) is 0 Å². The van der Waals surface area contributed by atoms with Crippen LogP contribution < -0.4 is 16.0 Å². The lowest BCUT2D eigenvalue weighted by atomic mass is 10.0. The molecule has 3 rings (SSSR count). The third-order valence-corrected chi connectivity index (χ3v) is 3.99. The summed E-state index contributed by atoms with van der Waals surface area (Å²) in [7, 11) is 0. The Bertz CT molecular complexity index is 466. The van der Waals surface area contributed by atoms with E-state index in [1.165, 1.54) is 31.4 Å². The monoisotopic (exact) mass is 259 g/mol. The molecule has 1 aromatic rings. The summed E-state index contributed by atoms with van der Waals surface area (Å²) in [5.74, 6) is 0.125. The lowest BCUT2D eigenvalue weighted by Gasteiger charge is -2.18. The summed E-state index contributed by atoms with van der Waals surface area (Å²) in [5, 5.41) is 9.90. The highest BCUT2D eigenvalue weighted by atomic mass is 16.1. The maximum Gasteiger partial charge on any atom is 0.224 e. The molecule has 1 fully saturated rings. The molecule has 0 radical (unpaired) electrons. The minimum absolute atomic E-state index is 0.125. The summed E-state index contributed by atoms with van der Waals surface area (Å²) in [6.07, 6.45) is 5.23. The molecule has 1 saturated heterocycles. The molecule has 2 aliphatic heterocycles. The molecular formula is C15H21N3O. The minimum atomic E-state index is 0.125. The molecule has 4 heteroatoms. The number of nitrogens with one attached hydrogen (secondary N) is 3. The van der Waals surface area contributed by atoms with Crippen LogP contribution in [-0.2, 0) is 11.2 Å². The summed E-state index contributed by atoms with van der Waals surface area (Å²) in [6, 6.07) is 6.90. The topological polar surface area (TPSA) is 53.2 Å². The maximum atomic E-state index is 11.3. The third kappa shape index (κ3) is 3.07. The lowest BCUT2D eigenvalue weighted by molar-refractivity contribution is -0.116. The molecule has 2 heterocycles. The standard InChI is InChI=1S/C15H21N3O/c19-15-6-3-11-10-13(4-5-14(11)18-15)17-9-7-12-2-1-8-16-12/h4-5,10,12,16-17H,1-3,6-9H2,(H,18,19). The Balaban J connectivity index is 1.55. The predicted octanol–water partition coefficient (Wildman–Crippen LogP) is 2.13. The number of amides is 1. The number of hydrogen-bond acceptors (Lipinski definition) is 3. The molecule has 1 unspecified atom stereocenters. The summed E-state index contributed by atoms with van der Waals surface area (Å²) in [6.45, 7) is 2.17. The number of anilines is 2. The van der Waals surface area contributed by atoms with Gasteiger partial charge in [-0.15, -0.1) is 0 Å². The molecule has 19 heavy (non-hydrogen) atoms. The molecule has 0 aromatic heterocycles. The van der Waals surface area contributed by atoms with E-state index in [1.807, 2.05) is 12.1 Å². The average molecular weight is 259 g/mol. The predicted molar refractivity (Wildman–Crippen MR) is 77.5 cm³/mol. The second-order valence-electron chi connectivity index (χ2n) is 5.43. The summed E-state index contributed by atoms with van der Waals surface area (Å²) in [5.41, 5.74) is 3.37. The minimum Gasteiger partial charge on any atom is -0.385 e. The van der Waals surface area contributed by atoms with Crippen molar-refractivity contribution in [2.75, 3.05) is 23.7 Å².